The Bertz CT molecular complexity index is 841. The Kier molecular flexibility index (Phi) is 5.71. The topological polar surface area (TPSA) is 58.6 Å². The van der Waals surface area contributed by atoms with Crippen LogP contribution in [0.5, 0.6) is 5.75 Å². The maximum Gasteiger partial charge on any atom is 0.229 e. The lowest BCUT2D eigenvalue weighted by atomic mass is 10.1. The Balaban J connectivity index is 1.70. The second-order valence-corrected chi connectivity index (χ2v) is 7.17. The van der Waals surface area contributed by atoms with Gasteiger partial charge in [-0.2, -0.15) is 0 Å². The number of anilines is 2. The molecule has 1 fully saturated rings. The molecule has 142 valence electrons. The molecule has 1 heterocycles. The summed E-state index contributed by atoms with van der Waals surface area (Å²) < 4.78 is 5.40. The fourth-order valence-corrected chi connectivity index (χ4v) is 3.82. The second-order valence-electron chi connectivity index (χ2n) is 6.76. The van der Waals surface area contributed by atoms with Crippen LogP contribution in [-0.2, 0) is 9.59 Å². The molecule has 5 nitrogen and oxygen atoms in total. The first-order valence-corrected chi connectivity index (χ1v) is 9.37. The normalized spacial score (nSPS) is 16.5. The lowest BCUT2D eigenvalue weighted by molar-refractivity contribution is -0.122. The molecule has 0 aliphatic carbocycles. The van der Waals surface area contributed by atoms with Crippen LogP contribution in [0.1, 0.15) is 24.5 Å². The number of carbonyl (C=O) groups is 2. The van der Waals surface area contributed by atoms with E-state index in [9.17, 15) is 9.59 Å². The number of carbonyl (C=O) groups excluding carboxylic acids is 2. The average Bonchev–Trinajstić information content (AvgIpc) is 2.98. The SMILES string of the molecule is CCOc1ccc(NC(=O)C2CC(=O)N(c3c(C)cc(C)cc3Cl)C2)cc1. The molecular formula is C21H23ClN2O3. The molecule has 1 saturated heterocycles. The first kappa shape index (κ1) is 19.2. The first-order valence-electron chi connectivity index (χ1n) is 9.00. The molecule has 1 unspecified atom stereocenters. The fourth-order valence-electron chi connectivity index (χ4n) is 3.39. The van der Waals surface area contributed by atoms with Gasteiger partial charge in [0.05, 0.1) is 23.2 Å². The Labute approximate surface area is 164 Å². The molecule has 1 N–H and O–H groups in total. The van der Waals surface area contributed by atoms with Crippen LogP contribution in [0.3, 0.4) is 0 Å². The van der Waals surface area contributed by atoms with Gasteiger partial charge in [0.1, 0.15) is 5.75 Å². The van der Waals surface area contributed by atoms with E-state index in [0.29, 0.717) is 29.5 Å². The quantitative estimate of drug-likeness (QED) is 0.831. The Morgan fingerprint density at radius 2 is 1.96 bits per heavy atom. The number of nitrogens with one attached hydrogen (secondary N) is 1. The van der Waals surface area contributed by atoms with Crippen molar-refractivity contribution < 1.29 is 14.3 Å². The highest BCUT2D eigenvalue weighted by molar-refractivity contribution is 6.34. The van der Waals surface area contributed by atoms with Gasteiger partial charge in [0.15, 0.2) is 0 Å². The van der Waals surface area contributed by atoms with E-state index in [-0.39, 0.29) is 18.2 Å². The molecule has 0 radical (unpaired) electrons. The lowest BCUT2D eigenvalue weighted by Gasteiger charge is -2.21. The van der Waals surface area contributed by atoms with Crippen LogP contribution < -0.4 is 15.0 Å². The number of ether oxygens (including phenoxy) is 1. The smallest absolute Gasteiger partial charge is 0.229 e. The van der Waals surface area contributed by atoms with Crippen molar-refractivity contribution in [2.45, 2.75) is 27.2 Å². The third-order valence-electron chi connectivity index (χ3n) is 4.60. The van der Waals surface area contributed by atoms with Crippen LogP contribution in [0.4, 0.5) is 11.4 Å². The van der Waals surface area contributed by atoms with Gasteiger partial charge in [0.2, 0.25) is 11.8 Å². The number of benzene rings is 2. The van der Waals surface area contributed by atoms with Crippen LogP contribution in [0.25, 0.3) is 0 Å². The molecule has 1 aliphatic heterocycles. The zero-order valence-electron chi connectivity index (χ0n) is 15.7. The van der Waals surface area contributed by atoms with Gasteiger partial charge in [0.25, 0.3) is 0 Å². The third-order valence-corrected chi connectivity index (χ3v) is 4.89. The molecule has 0 saturated carbocycles. The summed E-state index contributed by atoms with van der Waals surface area (Å²) in [4.78, 5) is 26.8. The van der Waals surface area contributed by atoms with E-state index in [2.05, 4.69) is 5.32 Å². The van der Waals surface area contributed by atoms with Gasteiger partial charge in [-0.25, -0.2) is 0 Å². The number of hydrogen-bond acceptors (Lipinski definition) is 3. The molecule has 0 bridgehead atoms. The Morgan fingerprint density at radius 3 is 2.59 bits per heavy atom. The zero-order chi connectivity index (χ0) is 19.6. The molecule has 27 heavy (non-hydrogen) atoms. The minimum atomic E-state index is -0.416. The summed E-state index contributed by atoms with van der Waals surface area (Å²) in [5, 5.41) is 3.41. The van der Waals surface area contributed by atoms with Crippen molar-refractivity contribution in [3.63, 3.8) is 0 Å². The van der Waals surface area contributed by atoms with Gasteiger partial charge in [-0.3, -0.25) is 9.59 Å². The van der Waals surface area contributed by atoms with Crippen LogP contribution in [0.2, 0.25) is 5.02 Å². The van der Waals surface area contributed by atoms with Crippen molar-refractivity contribution in [1.29, 1.82) is 0 Å². The van der Waals surface area contributed by atoms with Crippen molar-refractivity contribution in [2.24, 2.45) is 5.92 Å². The zero-order valence-corrected chi connectivity index (χ0v) is 16.5. The molecule has 6 heteroatoms. The molecule has 1 atom stereocenters. The summed E-state index contributed by atoms with van der Waals surface area (Å²) in [6.07, 6.45) is 0.173. The highest BCUT2D eigenvalue weighted by Crippen LogP contribution is 2.35. The number of nitrogens with zero attached hydrogens (tertiary/aromatic N) is 1. The van der Waals surface area contributed by atoms with Crippen molar-refractivity contribution in [3.8, 4) is 5.75 Å². The van der Waals surface area contributed by atoms with Gasteiger partial charge in [-0.05, 0) is 62.2 Å². The van der Waals surface area contributed by atoms with Crippen molar-refractivity contribution in [1.82, 2.24) is 0 Å². The van der Waals surface area contributed by atoms with Gasteiger partial charge in [-0.15, -0.1) is 0 Å². The van der Waals surface area contributed by atoms with Gasteiger partial charge >= 0.3 is 0 Å². The highest BCUT2D eigenvalue weighted by atomic mass is 35.5. The number of hydrogen-bond donors (Lipinski definition) is 1. The van der Waals surface area contributed by atoms with E-state index < -0.39 is 5.92 Å². The standard InChI is InChI=1S/C21H23ClN2O3/c1-4-27-17-7-5-16(6-8-17)23-21(26)15-11-19(25)24(12-15)20-14(3)9-13(2)10-18(20)22/h5-10,15H,4,11-12H2,1-3H3,(H,23,26). The maximum atomic E-state index is 12.6. The summed E-state index contributed by atoms with van der Waals surface area (Å²) in [5.74, 6) is 0.0784. The van der Waals surface area contributed by atoms with Crippen LogP contribution in [0.15, 0.2) is 36.4 Å². The minimum absolute atomic E-state index is 0.0873. The van der Waals surface area contributed by atoms with Crippen LogP contribution in [0, 0.1) is 19.8 Å². The van der Waals surface area contributed by atoms with E-state index in [4.69, 9.17) is 16.3 Å². The molecular weight excluding hydrogens is 364 g/mol. The van der Waals surface area contributed by atoms with Gasteiger partial charge < -0.3 is 15.0 Å². The number of halogens is 1. The number of amides is 2. The maximum absolute atomic E-state index is 12.6. The third kappa shape index (κ3) is 4.25. The monoisotopic (exact) mass is 386 g/mol. The van der Waals surface area contributed by atoms with Crippen molar-refractivity contribution in [2.75, 3.05) is 23.4 Å². The number of rotatable bonds is 5. The summed E-state index contributed by atoms with van der Waals surface area (Å²) in [6.45, 7) is 6.72. The van der Waals surface area contributed by atoms with E-state index in [1.807, 2.05) is 32.9 Å². The summed E-state index contributed by atoms with van der Waals surface area (Å²) in [5.41, 5.74) is 3.35. The van der Waals surface area contributed by atoms with Crippen LogP contribution in [-0.4, -0.2) is 25.0 Å². The molecule has 2 aromatic carbocycles. The average molecular weight is 387 g/mol. The Morgan fingerprint density at radius 1 is 1.26 bits per heavy atom. The van der Waals surface area contributed by atoms with E-state index in [0.717, 1.165) is 16.9 Å². The van der Waals surface area contributed by atoms with Crippen LogP contribution >= 0.6 is 11.6 Å². The predicted octanol–water partition coefficient (Wildman–Crippen LogP) is 4.35. The summed E-state index contributed by atoms with van der Waals surface area (Å²) >= 11 is 6.37. The van der Waals surface area contributed by atoms with Crippen molar-refractivity contribution in [3.05, 3.63) is 52.5 Å². The first-order chi connectivity index (χ1) is 12.9. The molecule has 1 aliphatic rings. The van der Waals surface area contributed by atoms with Gasteiger partial charge in [0, 0.05) is 18.7 Å². The second kappa shape index (κ2) is 8.01. The molecule has 0 spiro atoms. The summed E-state index contributed by atoms with van der Waals surface area (Å²) in [6, 6.07) is 11.0. The highest BCUT2D eigenvalue weighted by Gasteiger charge is 2.36. The minimum Gasteiger partial charge on any atom is -0.494 e. The van der Waals surface area contributed by atoms with E-state index in [1.165, 1.54) is 0 Å². The van der Waals surface area contributed by atoms with E-state index >= 15 is 0 Å². The summed E-state index contributed by atoms with van der Waals surface area (Å²) in [7, 11) is 0. The largest absolute Gasteiger partial charge is 0.494 e. The fraction of sp³-hybridized carbons (Fsp3) is 0.333. The van der Waals surface area contributed by atoms with E-state index in [1.54, 1.807) is 29.2 Å². The predicted molar refractivity (Wildman–Crippen MR) is 108 cm³/mol. The molecule has 2 aromatic rings. The number of aryl methyl sites for hydroxylation is 2. The molecule has 2 amide bonds. The molecule has 3 rings (SSSR count). The molecule has 0 aromatic heterocycles. The van der Waals surface area contributed by atoms with Crippen molar-refractivity contribution >= 4 is 34.8 Å². The Hall–Kier alpha value is -2.53. The van der Waals surface area contributed by atoms with Gasteiger partial charge in [-0.1, -0.05) is 17.7 Å². The lowest BCUT2D eigenvalue weighted by Crippen LogP contribution is -2.28.